The molecule has 0 aliphatic carbocycles. The van der Waals surface area contributed by atoms with Crippen molar-refractivity contribution in [2.24, 2.45) is 11.7 Å². The Morgan fingerprint density at radius 2 is 2.00 bits per heavy atom. The molecule has 2 N–H and O–H groups in total. The molecule has 0 unspecified atom stereocenters. The van der Waals surface area contributed by atoms with E-state index in [9.17, 15) is 0 Å². The van der Waals surface area contributed by atoms with Crippen LogP contribution in [0.3, 0.4) is 0 Å². The van der Waals surface area contributed by atoms with E-state index in [1.165, 1.54) is 0 Å². The van der Waals surface area contributed by atoms with Gasteiger partial charge in [-0.2, -0.15) is 0 Å². The Morgan fingerprint density at radius 1 is 1.33 bits per heavy atom. The van der Waals surface area contributed by atoms with Gasteiger partial charge in [0.15, 0.2) is 0 Å². The van der Waals surface area contributed by atoms with Crippen molar-refractivity contribution in [1.82, 2.24) is 0 Å². The minimum atomic E-state index is 0.0903. The minimum Gasteiger partial charge on any atom is -0.375 e. The van der Waals surface area contributed by atoms with Crippen molar-refractivity contribution in [3.05, 3.63) is 34.9 Å². The number of nitrogens with two attached hydrogens (primary N) is 1. The Kier molecular flexibility index (Phi) is 5.09. The normalized spacial score (nSPS) is 13.1. The van der Waals surface area contributed by atoms with Crippen molar-refractivity contribution in [3.8, 4) is 0 Å². The molecular weight excluding hydrogens is 210 g/mol. The summed E-state index contributed by atoms with van der Waals surface area (Å²) in [6.07, 6.45) is 0. The second kappa shape index (κ2) is 6.11. The molecule has 84 valence electrons. The molecule has 0 aromatic heterocycles. The fraction of sp³-hybridized carbons (Fsp3) is 0.500. The van der Waals surface area contributed by atoms with Crippen LogP contribution in [0.15, 0.2) is 24.3 Å². The van der Waals surface area contributed by atoms with Crippen LogP contribution in [0.5, 0.6) is 0 Å². The predicted octanol–water partition coefficient (Wildman–Crippen LogP) is 2.84. The molecule has 0 amide bonds. The first-order valence-corrected chi connectivity index (χ1v) is 5.55. The van der Waals surface area contributed by atoms with Crippen LogP contribution >= 0.6 is 11.6 Å². The third-order valence-corrected chi connectivity index (χ3v) is 2.75. The standard InChI is InChI=1S/C12H18ClNO/c1-9(2)12(14)8-15-7-10-5-3-4-6-11(10)13/h3-6,9,12H,7-8,14H2,1-2H3/t12-/m1/s1. The van der Waals surface area contributed by atoms with Crippen molar-refractivity contribution < 1.29 is 4.74 Å². The lowest BCUT2D eigenvalue weighted by Crippen LogP contribution is -2.31. The van der Waals surface area contributed by atoms with E-state index < -0.39 is 0 Å². The Balaban J connectivity index is 2.35. The molecule has 3 heteroatoms. The maximum absolute atomic E-state index is 5.99. The maximum atomic E-state index is 5.99. The van der Waals surface area contributed by atoms with E-state index in [1.807, 2.05) is 24.3 Å². The predicted molar refractivity (Wildman–Crippen MR) is 63.9 cm³/mol. The van der Waals surface area contributed by atoms with Gasteiger partial charge >= 0.3 is 0 Å². The summed E-state index contributed by atoms with van der Waals surface area (Å²) in [5.74, 6) is 0.441. The van der Waals surface area contributed by atoms with Crippen molar-refractivity contribution in [2.75, 3.05) is 6.61 Å². The van der Waals surface area contributed by atoms with Crippen molar-refractivity contribution >= 4 is 11.6 Å². The molecule has 0 aliphatic rings. The minimum absolute atomic E-state index is 0.0903. The summed E-state index contributed by atoms with van der Waals surface area (Å²) in [6.45, 7) is 5.27. The maximum Gasteiger partial charge on any atom is 0.0732 e. The number of rotatable bonds is 5. The summed E-state index contributed by atoms with van der Waals surface area (Å²) in [6, 6.07) is 7.78. The van der Waals surface area contributed by atoms with E-state index in [0.717, 1.165) is 10.6 Å². The highest BCUT2D eigenvalue weighted by molar-refractivity contribution is 6.31. The largest absolute Gasteiger partial charge is 0.375 e. The van der Waals surface area contributed by atoms with E-state index in [4.69, 9.17) is 22.1 Å². The van der Waals surface area contributed by atoms with Gasteiger partial charge in [-0.1, -0.05) is 43.6 Å². The Hall–Kier alpha value is -0.570. The molecule has 2 nitrogen and oxygen atoms in total. The first-order chi connectivity index (χ1) is 7.11. The Morgan fingerprint density at radius 3 is 2.60 bits per heavy atom. The molecule has 0 spiro atoms. The van der Waals surface area contributed by atoms with Gasteiger partial charge in [-0.3, -0.25) is 0 Å². The quantitative estimate of drug-likeness (QED) is 0.840. The van der Waals surface area contributed by atoms with E-state index in [2.05, 4.69) is 13.8 Å². The Labute approximate surface area is 96.4 Å². The molecular formula is C12H18ClNO. The van der Waals surface area contributed by atoms with Gasteiger partial charge in [0.25, 0.3) is 0 Å². The molecule has 0 saturated heterocycles. The topological polar surface area (TPSA) is 35.2 Å². The van der Waals surface area contributed by atoms with Gasteiger partial charge in [-0.25, -0.2) is 0 Å². The van der Waals surface area contributed by atoms with Crippen LogP contribution in [0.1, 0.15) is 19.4 Å². The van der Waals surface area contributed by atoms with E-state index in [0.29, 0.717) is 19.1 Å². The van der Waals surface area contributed by atoms with Crippen LogP contribution in [-0.4, -0.2) is 12.6 Å². The highest BCUT2D eigenvalue weighted by atomic mass is 35.5. The summed E-state index contributed by atoms with van der Waals surface area (Å²) in [5.41, 5.74) is 6.87. The van der Waals surface area contributed by atoms with Crippen LogP contribution in [0.2, 0.25) is 5.02 Å². The molecule has 1 rings (SSSR count). The number of ether oxygens (including phenoxy) is 1. The second-order valence-electron chi connectivity index (χ2n) is 4.01. The van der Waals surface area contributed by atoms with Gasteiger partial charge in [0.05, 0.1) is 13.2 Å². The molecule has 0 bridgehead atoms. The lowest BCUT2D eigenvalue weighted by Gasteiger charge is -2.15. The molecule has 1 aromatic carbocycles. The van der Waals surface area contributed by atoms with Crippen LogP contribution in [0.4, 0.5) is 0 Å². The summed E-state index contributed by atoms with van der Waals surface area (Å²) >= 11 is 5.99. The smallest absolute Gasteiger partial charge is 0.0732 e. The highest BCUT2D eigenvalue weighted by Gasteiger charge is 2.07. The van der Waals surface area contributed by atoms with Gasteiger partial charge in [0.2, 0.25) is 0 Å². The summed E-state index contributed by atoms with van der Waals surface area (Å²) < 4.78 is 5.51. The SMILES string of the molecule is CC(C)[C@H](N)COCc1ccccc1Cl. The van der Waals surface area contributed by atoms with Gasteiger partial charge < -0.3 is 10.5 Å². The first kappa shape index (κ1) is 12.5. The molecule has 0 aliphatic heterocycles. The molecule has 1 atom stereocenters. The van der Waals surface area contributed by atoms with E-state index >= 15 is 0 Å². The number of halogens is 1. The summed E-state index contributed by atoms with van der Waals surface area (Å²) in [4.78, 5) is 0. The molecule has 0 radical (unpaired) electrons. The second-order valence-corrected chi connectivity index (χ2v) is 4.42. The van der Waals surface area contributed by atoms with E-state index in [-0.39, 0.29) is 6.04 Å². The number of hydrogen-bond donors (Lipinski definition) is 1. The molecule has 0 fully saturated rings. The summed E-state index contributed by atoms with van der Waals surface area (Å²) in [7, 11) is 0. The van der Waals surface area contributed by atoms with Gasteiger partial charge in [0.1, 0.15) is 0 Å². The summed E-state index contributed by atoms with van der Waals surface area (Å²) in [5, 5.41) is 0.746. The zero-order valence-corrected chi connectivity index (χ0v) is 10.00. The number of benzene rings is 1. The van der Waals surface area contributed by atoms with Gasteiger partial charge in [-0.15, -0.1) is 0 Å². The third-order valence-electron chi connectivity index (χ3n) is 2.38. The zero-order valence-electron chi connectivity index (χ0n) is 9.24. The van der Waals surface area contributed by atoms with Crippen molar-refractivity contribution in [1.29, 1.82) is 0 Å². The number of hydrogen-bond acceptors (Lipinski definition) is 2. The Bertz CT molecular complexity index is 301. The van der Waals surface area contributed by atoms with Gasteiger partial charge in [-0.05, 0) is 17.5 Å². The van der Waals surface area contributed by atoms with Crippen molar-refractivity contribution in [2.45, 2.75) is 26.5 Å². The highest BCUT2D eigenvalue weighted by Crippen LogP contribution is 2.15. The molecule has 0 saturated carbocycles. The zero-order chi connectivity index (χ0) is 11.3. The molecule has 0 heterocycles. The fourth-order valence-electron chi connectivity index (χ4n) is 1.11. The molecule has 15 heavy (non-hydrogen) atoms. The first-order valence-electron chi connectivity index (χ1n) is 5.18. The van der Waals surface area contributed by atoms with Crippen LogP contribution in [-0.2, 0) is 11.3 Å². The van der Waals surface area contributed by atoms with Crippen LogP contribution < -0.4 is 5.73 Å². The molecule has 1 aromatic rings. The lowest BCUT2D eigenvalue weighted by atomic mass is 10.1. The average Bonchev–Trinajstić information content (AvgIpc) is 2.20. The van der Waals surface area contributed by atoms with Crippen LogP contribution in [0, 0.1) is 5.92 Å². The van der Waals surface area contributed by atoms with Crippen molar-refractivity contribution in [3.63, 3.8) is 0 Å². The lowest BCUT2D eigenvalue weighted by molar-refractivity contribution is 0.0974. The van der Waals surface area contributed by atoms with E-state index in [1.54, 1.807) is 0 Å². The fourth-order valence-corrected chi connectivity index (χ4v) is 1.30. The van der Waals surface area contributed by atoms with Gasteiger partial charge in [0, 0.05) is 11.1 Å². The van der Waals surface area contributed by atoms with Crippen LogP contribution in [0.25, 0.3) is 0 Å². The third kappa shape index (κ3) is 4.20. The average molecular weight is 228 g/mol. The monoisotopic (exact) mass is 227 g/mol.